The standard InChI is InChI=1S/C21H19N5O2S/c1-2-28-16-10-7-15(8-11-16)20-23-24-21(29)26(20)25-22-13-18-17-6-4-3-5-14(17)9-12-19(18)27/h3-13,25,27H,2H2,1H3,(H,24,29)/b22-13+. The van der Waals surface area contributed by atoms with Crippen molar-refractivity contribution in [2.24, 2.45) is 5.10 Å². The number of rotatable bonds is 6. The number of fused-ring (bicyclic) bond motifs is 1. The molecule has 0 amide bonds. The van der Waals surface area contributed by atoms with Gasteiger partial charge >= 0.3 is 0 Å². The molecule has 0 atom stereocenters. The minimum atomic E-state index is 0.150. The summed E-state index contributed by atoms with van der Waals surface area (Å²) < 4.78 is 7.40. The number of hydrazone groups is 1. The molecule has 0 saturated heterocycles. The average Bonchev–Trinajstić information content (AvgIpc) is 3.11. The Morgan fingerprint density at radius 2 is 1.97 bits per heavy atom. The summed E-state index contributed by atoms with van der Waals surface area (Å²) in [7, 11) is 0. The van der Waals surface area contributed by atoms with E-state index in [-0.39, 0.29) is 5.75 Å². The number of phenols is 1. The molecule has 4 aromatic rings. The van der Waals surface area contributed by atoms with Crippen LogP contribution >= 0.6 is 12.2 Å². The highest BCUT2D eigenvalue weighted by atomic mass is 32.1. The van der Waals surface area contributed by atoms with E-state index in [1.807, 2.05) is 61.5 Å². The lowest BCUT2D eigenvalue weighted by Gasteiger charge is -2.08. The van der Waals surface area contributed by atoms with Crippen molar-refractivity contribution in [3.8, 4) is 22.9 Å². The predicted molar refractivity (Wildman–Crippen MR) is 117 cm³/mol. The van der Waals surface area contributed by atoms with E-state index < -0.39 is 0 Å². The maximum atomic E-state index is 10.2. The maximum absolute atomic E-state index is 10.2. The molecular formula is C21H19N5O2S. The fourth-order valence-electron chi connectivity index (χ4n) is 3.02. The minimum Gasteiger partial charge on any atom is -0.507 e. The summed E-state index contributed by atoms with van der Waals surface area (Å²) in [5, 5.41) is 23.5. The van der Waals surface area contributed by atoms with Crippen molar-refractivity contribution in [1.82, 2.24) is 14.9 Å². The van der Waals surface area contributed by atoms with E-state index in [2.05, 4.69) is 20.8 Å². The highest BCUT2D eigenvalue weighted by Crippen LogP contribution is 2.25. The number of nitrogens with zero attached hydrogens (tertiary/aromatic N) is 3. The van der Waals surface area contributed by atoms with Crippen LogP contribution in [0.15, 0.2) is 65.8 Å². The van der Waals surface area contributed by atoms with Gasteiger partial charge in [0.1, 0.15) is 11.5 Å². The summed E-state index contributed by atoms with van der Waals surface area (Å²) in [5.74, 6) is 1.52. The van der Waals surface area contributed by atoms with Crippen LogP contribution in [0, 0.1) is 4.77 Å². The maximum Gasteiger partial charge on any atom is 0.216 e. The van der Waals surface area contributed by atoms with Crippen LogP contribution < -0.4 is 10.3 Å². The number of phenolic OH excluding ortho intramolecular Hbond substituents is 1. The Hall–Kier alpha value is -3.65. The van der Waals surface area contributed by atoms with Crippen molar-refractivity contribution >= 4 is 29.2 Å². The molecule has 0 saturated carbocycles. The topological polar surface area (TPSA) is 87.5 Å². The van der Waals surface area contributed by atoms with E-state index in [9.17, 15) is 5.11 Å². The van der Waals surface area contributed by atoms with Crippen molar-refractivity contribution in [2.75, 3.05) is 12.1 Å². The third kappa shape index (κ3) is 3.83. The van der Waals surface area contributed by atoms with Gasteiger partial charge in [-0.1, -0.05) is 30.3 Å². The number of hydrogen-bond donors (Lipinski definition) is 3. The zero-order valence-electron chi connectivity index (χ0n) is 15.7. The van der Waals surface area contributed by atoms with Crippen molar-refractivity contribution < 1.29 is 9.84 Å². The molecule has 0 fully saturated rings. The highest BCUT2D eigenvalue weighted by molar-refractivity contribution is 7.71. The number of ether oxygens (including phenoxy) is 1. The smallest absolute Gasteiger partial charge is 0.216 e. The monoisotopic (exact) mass is 405 g/mol. The lowest BCUT2D eigenvalue weighted by atomic mass is 10.0. The normalized spacial score (nSPS) is 11.2. The minimum absolute atomic E-state index is 0.150. The van der Waals surface area contributed by atoms with E-state index >= 15 is 0 Å². The van der Waals surface area contributed by atoms with Gasteiger partial charge in [-0.05, 0) is 60.2 Å². The second-order valence-electron chi connectivity index (χ2n) is 6.22. The third-order valence-corrected chi connectivity index (χ3v) is 4.67. The van der Waals surface area contributed by atoms with Crippen LogP contribution in [-0.2, 0) is 0 Å². The van der Waals surface area contributed by atoms with Crippen LogP contribution in [-0.4, -0.2) is 32.8 Å². The van der Waals surface area contributed by atoms with Crippen LogP contribution in [0.5, 0.6) is 11.5 Å². The average molecular weight is 405 g/mol. The summed E-state index contributed by atoms with van der Waals surface area (Å²) in [6, 6.07) is 18.8. The first kappa shape index (κ1) is 18.7. The summed E-state index contributed by atoms with van der Waals surface area (Å²) in [6.45, 7) is 2.55. The Morgan fingerprint density at radius 1 is 1.17 bits per heavy atom. The molecule has 1 heterocycles. The molecule has 0 aliphatic heterocycles. The number of aromatic nitrogens is 3. The van der Waals surface area contributed by atoms with E-state index in [1.165, 1.54) is 0 Å². The fraction of sp³-hybridized carbons (Fsp3) is 0.0952. The predicted octanol–water partition coefficient (Wildman–Crippen LogP) is 4.44. The summed E-state index contributed by atoms with van der Waals surface area (Å²) in [5.41, 5.74) is 4.35. The fourth-order valence-corrected chi connectivity index (χ4v) is 3.19. The van der Waals surface area contributed by atoms with Gasteiger partial charge in [-0.2, -0.15) is 14.9 Å². The van der Waals surface area contributed by atoms with Gasteiger partial charge in [0.15, 0.2) is 5.82 Å². The molecule has 0 aliphatic carbocycles. The van der Waals surface area contributed by atoms with Gasteiger partial charge in [-0.15, -0.1) is 0 Å². The largest absolute Gasteiger partial charge is 0.507 e. The molecule has 4 rings (SSSR count). The Bertz CT molecular complexity index is 1230. The number of aromatic amines is 1. The molecule has 3 aromatic carbocycles. The zero-order valence-corrected chi connectivity index (χ0v) is 16.5. The van der Waals surface area contributed by atoms with E-state index in [0.717, 1.165) is 22.1 Å². The number of H-pyrrole nitrogens is 1. The molecule has 7 nitrogen and oxygen atoms in total. The Balaban J connectivity index is 1.62. The van der Waals surface area contributed by atoms with Gasteiger partial charge in [0.25, 0.3) is 0 Å². The molecule has 29 heavy (non-hydrogen) atoms. The second-order valence-corrected chi connectivity index (χ2v) is 6.61. The van der Waals surface area contributed by atoms with Crippen LogP contribution in [0.3, 0.4) is 0 Å². The summed E-state index contributed by atoms with van der Waals surface area (Å²) >= 11 is 5.31. The lowest BCUT2D eigenvalue weighted by molar-refractivity contribution is 0.340. The van der Waals surface area contributed by atoms with Crippen molar-refractivity contribution in [1.29, 1.82) is 0 Å². The molecule has 0 unspecified atom stereocenters. The molecule has 3 N–H and O–H groups in total. The molecule has 0 spiro atoms. The van der Waals surface area contributed by atoms with Crippen molar-refractivity contribution in [3.63, 3.8) is 0 Å². The van der Waals surface area contributed by atoms with Gasteiger partial charge in [0.2, 0.25) is 4.77 Å². The molecule has 8 heteroatoms. The quantitative estimate of drug-likeness (QED) is 0.251. The van der Waals surface area contributed by atoms with E-state index in [1.54, 1.807) is 17.0 Å². The highest BCUT2D eigenvalue weighted by Gasteiger charge is 2.09. The van der Waals surface area contributed by atoms with Crippen LogP contribution in [0.2, 0.25) is 0 Å². The van der Waals surface area contributed by atoms with E-state index in [4.69, 9.17) is 17.0 Å². The van der Waals surface area contributed by atoms with Gasteiger partial charge in [0.05, 0.1) is 12.8 Å². The SMILES string of the molecule is CCOc1ccc(-c2n[nH]c(=S)n2N/N=C/c2c(O)ccc3ccccc23)cc1. The van der Waals surface area contributed by atoms with Crippen molar-refractivity contribution in [2.45, 2.75) is 6.92 Å². The Morgan fingerprint density at radius 3 is 2.76 bits per heavy atom. The lowest BCUT2D eigenvalue weighted by Crippen LogP contribution is -2.10. The number of benzene rings is 3. The number of hydrogen-bond acceptors (Lipinski definition) is 6. The van der Waals surface area contributed by atoms with Gasteiger partial charge in [-0.3, -0.25) is 0 Å². The summed E-state index contributed by atoms with van der Waals surface area (Å²) in [4.78, 5) is 0. The Labute approximate surface area is 172 Å². The molecule has 0 bridgehead atoms. The van der Waals surface area contributed by atoms with Gasteiger partial charge in [-0.25, -0.2) is 10.6 Å². The molecule has 1 aromatic heterocycles. The zero-order chi connectivity index (χ0) is 20.2. The van der Waals surface area contributed by atoms with Gasteiger partial charge in [0, 0.05) is 11.1 Å². The first-order chi connectivity index (χ1) is 14.2. The van der Waals surface area contributed by atoms with Crippen LogP contribution in [0.1, 0.15) is 12.5 Å². The second kappa shape index (κ2) is 8.15. The number of nitrogens with one attached hydrogen (secondary N) is 2. The number of aromatic hydroxyl groups is 1. The third-order valence-electron chi connectivity index (χ3n) is 4.39. The molecule has 146 valence electrons. The molecular weight excluding hydrogens is 386 g/mol. The molecule has 0 radical (unpaired) electrons. The van der Waals surface area contributed by atoms with Crippen molar-refractivity contribution in [3.05, 3.63) is 71.0 Å². The molecule has 0 aliphatic rings. The van der Waals surface area contributed by atoms with Gasteiger partial charge < -0.3 is 9.84 Å². The Kier molecular flexibility index (Phi) is 5.26. The summed E-state index contributed by atoms with van der Waals surface area (Å²) in [6.07, 6.45) is 1.56. The first-order valence-corrected chi connectivity index (χ1v) is 9.48. The van der Waals surface area contributed by atoms with Crippen LogP contribution in [0.4, 0.5) is 0 Å². The van der Waals surface area contributed by atoms with Crippen LogP contribution in [0.25, 0.3) is 22.2 Å². The van der Waals surface area contributed by atoms with E-state index in [0.29, 0.717) is 22.8 Å². The first-order valence-electron chi connectivity index (χ1n) is 9.08.